The Bertz CT molecular complexity index is 1360. The van der Waals surface area contributed by atoms with Crippen LogP contribution in [-0.4, -0.2) is 10.5 Å². The Morgan fingerprint density at radius 3 is 2.33 bits per heavy atom. The largest absolute Gasteiger partial charge is 0.344 e. The van der Waals surface area contributed by atoms with Crippen molar-refractivity contribution in [1.82, 2.24) is 4.57 Å². The number of nitrogens with one attached hydrogen (secondary N) is 1. The predicted octanol–water partition coefficient (Wildman–Crippen LogP) is 5.80. The van der Waals surface area contributed by atoms with E-state index in [1.54, 1.807) is 6.08 Å². The van der Waals surface area contributed by atoms with Gasteiger partial charge in [0.05, 0.1) is 0 Å². The number of hydrogen-bond acceptors (Lipinski definition) is 2. The topological polar surface area (TPSA) is 57.8 Å². The third kappa shape index (κ3) is 3.35. The lowest BCUT2D eigenvalue weighted by Gasteiger charge is -2.12. The van der Waals surface area contributed by atoms with Gasteiger partial charge in [0.25, 0.3) is 5.91 Å². The summed E-state index contributed by atoms with van der Waals surface area (Å²) in [4.78, 5) is 12.8. The standard InChI is InChI=1S/C26H23N3O/c1-16-11-17(2)25(18(3)12-16)28-26(30)20(15-27)13-19-9-10-24-22(14-19)21-7-5-6-8-23(21)29(24)4/h5-14H,1-4H3,(H,28,30). The van der Waals surface area contributed by atoms with Crippen LogP contribution in [0.25, 0.3) is 27.9 Å². The second kappa shape index (κ2) is 7.53. The lowest BCUT2D eigenvalue weighted by Crippen LogP contribution is -2.15. The van der Waals surface area contributed by atoms with Crippen LogP contribution >= 0.6 is 0 Å². The van der Waals surface area contributed by atoms with E-state index in [1.807, 2.05) is 70.3 Å². The summed E-state index contributed by atoms with van der Waals surface area (Å²) in [7, 11) is 2.04. The number of fused-ring (bicyclic) bond motifs is 3. The Morgan fingerprint density at radius 1 is 0.967 bits per heavy atom. The fourth-order valence-electron chi connectivity index (χ4n) is 4.15. The Morgan fingerprint density at radius 2 is 1.63 bits per heavy atom. The molecule has 1 amide bonds. The van der Waals surface area contributed by atoms with Crippen LogP contribution in [0.15, 0.2) is 60.2 Å². The number of carbonyl (C=O) groups excluding carboxylic acids is 1. The van der Waals surface area contributed by atoms with Gasteiger partial charge in [-0.15, -0.1) is 0 Å². The van der Waals surface area contributed by atoms with Crippen molar-refractivity contribution < 1.29 is 4.79 Å². The van der Waals surface area contributed by atoms with Crippen LogP contribution in [0.5, 0.6) is 0 Å². The molecule has 1 heterocycles. The number of benzene rings is 3. The van der Waals surface area contributed by atoms with Crippen LogP contribution < -0.4 is 5.32 Å². The molecule has 0 saturated heterocycles. The summed E-state index contributed by atoms with van der Waals surface area (Å²) in [6.07, 6.45) is 1.65. The number of para-hydroxylation sites is 1. The maximum Gasteiger partial charge on any atom is 0.266 e. The maximum atomic E-state index is 12.8. The Labute approximate surface area is 176 Å². The molecule has 0 atom stereocenters. The van der Waals surface area contributed by atoms with E-state index in [-0.39, 0.29) is 5.57 Å². The molecule has 0 radical (unpaired) electrons. The minimum absolute atomic E-state index is 0.0777. The molecule has 1 N–H and O–H groups in total. The van der Waals surface area contributed by atoms with E-state index < -0.39 is 5.91 Å². The monoisotopic (exact) mass is 393 g/mol. The van der Waals surface area contributed by atoms with Gasteiger partial charge in [-0.25, -0.2) is 0 Å². The van der Waals surface area contributed by atoms with E-state index in [9.17, 15) is 10.1 Å². The molecule has 30 heavy (non-hydrogen) atoms. The van der Waals surface area contributed by atoms with Crippen molar-refractivity contribution in [2.75, 3.05) is 5.32 Å². The summed E-state index contributed by atoms with van der Waals surface area (Å²) in [6.45, 7) is 5.94. The van der Waals surface area contributed by atoms with Gasteiger partial charge in [-0.1, -0.05) is 42.0 Å². The molecule has 0 bridgehead atoms. The first kappa shape index (κ1) is 19.5. The smallest absolute Gasteiger partial charge is 0.266 e. The number of rotatable bonds is 3. The number of anilines is 1. The average molecular weight is 393 g/mol. The average Bonchev–Trinajstić information content (AvgIpc) is 3.01. The first-order chi connectivity index (χ1) is 14.4. The quantitative estimate of drug-likeness (QED) is 0.353. The molecule has 0 aliphatic carbocycles. The van der Waals surface area contributed by atoms with Crippen LogP contribution in [0.3, 0.4) is 0 Å². The summed E-state index contributed by atoms with van der Waals surface area (Å²) in [5.41, 5.74) is 7.03. The summed E-state index contributed by atoms with van der Waals surface area (Å²) >= 11 is 0. The van der Waals surface area contributed by atoms with E-state index in [1.165, 1.54) is 0 Å². The molecule has 4 heteroatoms. The summed E-state index contributed by atoms with van der Waals surface area (Å²) < 4.78 is 2.15. The molecule has 0 unspecified atom stereocenters. The van der Waals surface area contributed by atoms with Gasteiger partial charge in [0.15, 0.2) is 0 Å². The number of aryl methyl sites for hydroxylation is 4. The SMILES string of the molecule is Cc1cc(C)c(NC(=O)C(C#N)=Cc2ccc3c(c2)c2ccccc2n3C)c(C)c1. The molecule has 4 rings (SSSR count). The van der Waals surface area contributed by atoms with E-state index >= 15 is 0 Å². The molecule has 0 spiro atoms. The van der Waals surface area contributed by atoms with Gasteiger partial charge in [0.2, 0.25) is 0 Å². The van der Waals surface area contributed by atoms with E-state index in [0.29, 0.717) is 0 Å². The van der Waals surface area contributed by atoms with E-state index in [2.05, 4.69) is 28.1 Å². The maximum absolute atomic E-state index is 12.8. The van der Waals surface area contributed by atoms with Gasteiger partial charge in [0, 0.05) is 34.5 Å². The fourth-order valence-corrected chi connectivity index (χ4v) is 4.15. The highest BCUT2D eigenvalue weighted by Crippen LogP contribution is 2.29. The lowest BCUT2D eigenvalue weighted by molar-refractivity contribution is -0.112. The van der Waals surface area contributed by atoms with Crippen molar-refractivity contribution in [2.24, 2.45) is 7.05 Å². The van der Waals surface area contributed by atoms with Crippen molar-refractivity contribution in [3.63, 3.8) is 0 Å². The zero-order valence-corrected chi connectivity index (χ0v) is 17.6. The molecule has 4 aromatic rings. The Hall–Kier alpha value is -3.84. The molecule has 1 aromatic heterocycles. The van der Waals surface area contributed by atoms with Crippen molar-refractivity contribution in [2.45, 2.75) is 20.8 Å². The third-order valence-corrected chi connectivity index (χ3v) is 5.53. The molecule has 0 saturated carbocycles. The summed E-state index contributed by atoms with van der Waals surface area (Å²) in [6, 6.07) is 20.3. The molecule has 148 valence electrons. The molecule has 0 aliphatic heterocycles. The molecule has 3 aromatic carbocycles. The van der Waals surface area contributed by atoms with Gasteiger partial charge in [0.1, 0.15) is 11.6 Å². The van der Waals surface area contributed by atoms with Gasteiger partial charge >= 0.3 is 0 Å². The molecular formula is C26H23N3O. The number of hydrogen-bond donors (Lipinski definition) is 1. The molecule has 0 fully saturated rings. The normalized spacial score (nSPS) is 11.6. The van der Waals surface area contributed by atoms with Crippen LogP contribution in [-0.2, 0) is 11.8 Å². The zero-order valence-electron chi connectivity index (χ0n) is 17.6. The van der Waals surface area contributed by atoms with Crippen LogP contribution in [0.1, 0.15) is 22.3 Å². The Kier molecular flexibility index (Phi) is 4.89. The highest BCUT2D eigenvalue weighted by atomic mass is 16.1. The second-order valence-electron chi connectivity index (χ2n) is 7.75. The third-order valence-electron chi connectivity index (χ3n) is 5.53. The summed E-state index contributed by atoms with van der Waals surface area (Å²) in [5.74, 6) is -0.398. The number of aromatic nitrogens is 1. The first-order valence-electron chi connectivity index (χ1n) is 9.87. The second-order valence-corrected chi connectivity index (χ2v) is 7.75. The number of nitriles is 1. The van der Waals surface area contributed by atoms with Crippen LogP contribution in [0, 0.1) is 32.1 Å². The fraction of sp³-hybridized carbons (Fsp3) is 0.154. The van der Waals surface area contributed by atoms with Gasteiger partial charge in [-0.3, -0.25) is 4.79 Å². The van der Waals surface area contributed by atoms with Crippen molar-refractivity contribution in [3.05, 3.63) is 82.4 Å². The van der Waals surface area contributed by atoms with Crippen LogP contribution in [0.2, 0.25) is 0 Å². The van der Waals surface area contributed by atoms with E-state index in [0.717, 1.165) is 49.7 Å². The Balaban J connectivity index is 1.72. The lowest BCUT2D eigenvalue weighted by atomic mass is 10.0. The minimum Gasteiger partial charge on any atom is -0.344 e. The highest BCUT2D eigenvalue weighted by molar-refractivity contribution is 6.12. The first-order valence-corrected chi connectivity index (χ1v) is 9.87. The highest BCUT2D eigenvalue weighted by Gasteiger charge is 2.14. The summed E-state index contributed by atoms with van der Waals surface area (Å²) in [5, 5.41) is 14.8. The molecule has 4 nitrogen and oxygen atoms in total. The van der Waals surface area contributed by atoms with Crippen molar-refractivity contribution in [3.8, 4) is 6.07 Å². The zero-order chi connectivity index (χ0) is 21.4. The van der Waals surface area contributed by atoms with Crippen molar-refractivity contribution in [1.29, 1.82) is 5.26 Å². The van der Waals surface area contributed by atoms with Gasteiger partial charge < -0.3 is 9.88 Å². The van der Waals surface area contributed by atoms with E-state index in [4.69, 9.17) is 0 Å². The molecule has 0 aliphatic rings. The number of amides is 1. The number of nitrogens with zero attached hydrogens (tertiary/aromatic N) is 2. The minimum atomic E-state index is -0.398. The van der Waals surface area contributed by atoms with Gasteiger partial charge in [-0.2, -0.15) is 5.26 Å². The predicted molar refractivity (Wildman–Crippen MR) is 123 cm³/mol. The molecular weight excluding hydrogens is 370 g/mol. The van der Waals surface area contributed by atoms with Gasteiger partial charge in [-0.05, 0) is 61.7 Å². The van der Waals surface area contributed by atoms with Crippen molar-refractivity contribution >= 4 is 39.5 Å². The van der Waals surface area contributed by atoms with Crippen LogP contribution in [0.4, 0.5) is 5.69 Å². The number of carbonyl (C=O) groups is 1.